The van der Waals surface area contributed by atoms with Crippen molar-refractivity contribution in [1.29, 1.82) is 5.26 Å². The highest BCUT2D eigenvalue weighted by Gasteiger charge is 2.26. The van der Waals surface area contributed by atoms with Gasteiger partial charge in [0.15, 0.2) is 0 Å². The predicted molar refractivity (Wildman–Crippen MR) is 58.0 cm³/mol. The molecular weight excluding hydrogens is 190 g/mol. The summed E-state index contributed by atoms with van der Waals surface area (Å²) in [6.45, 7) is 6.49. The summed E-state index contributed by atoms with van der Waals surface area (Å²) in [6.07, 6.45) is 3.46. The van der Waals surface area contributed by atoms with Crippen molar-refractivity contribution in [2.75, 3.05) is 0 Å². The zero-order valence-electron chi connectivity index (χ0n) is 9.32. The molecule has 3 nitrogen and oxygen atoms in total. The average molecular weight is 207 g/mol. The zero-order valence-corrected chi connectivity index (χ0v) is 9.32. The quantitative estimate of drug-likeness (QED) is 0.365. The molecule has 0 amide bonds. The fraction of sp³-hybridized carbons (Fsp3) is 0.583. The number of ketones is 2. The number of rotatable bonds is 7. The number of carbonyl (C=O) groups is 2. The summed E-state index contributed by atoms with van der Waals surface area (Å²) in [7, 11) is 0. The molecule has 0 aromatic carbocycles. The smallest absolute Gasteiger partial charge is 0.140 e. The van der Waals surface area contributed by atoms with Gasteiger partial charge >= 0.3 is 0 Å². The Morgan fingerprint density at radius 3 is 2.27 bits per heavy atom. The highest BCUT2D eigenvalue weighted by Crippen LogP contribution is 2.21. The van der Waals surface area contributed by atoms with Gasteiger partial charge in [-0.15, -0.1) is 6.58 Å². The lowest BCUT2D eigenvalue weighted by atomic mass is 9.83. The molecule has 0 fully saturated rings. The van der Waals surface area contributed by atoms with E-state index in [-0.39, 0.29) is 17.5 Å². The Bertz CT molecular complexity index is 274. The van der Waals surface area contributed by atoms with Gasteiger partial charge in [0.25, 0.3) is 0 Å². The molecule has 0 bridgehead atoms. The molecule has 15 heavy (non-hydrogen) atoms. The second kappa shape index (κ2) is 6.94. The monoisotopic (exact) mass is 207 g/mol. The third-order valence-electron chi connectivity index (χ3n) is 2.43. The summed E-state index contributed by atoms with van der Waals surface area (Å²) in [5.41, 5.74) is 0. The van der Waals surface area contributed by atoms with Crippen LogP contribution in [0, 0.1) is 23.2 Å². The van der Waals surface area contributed by atoms with Crippen LogP contribution in [-0.2, 0) is 9.59 Å². The normalized spacial score (nSPS) is 11.9. The van der Waals surface area contributed by atoms with Crippen LogP contribution in [0.4, 0.5) is 0 Å². The van der Waals surface area contributed by atoms with Crippen molar-refractivity contribution >= 4 is 11.6 Å². The fourth-order valence-electron chi connectivity index (χ4n) is 1.73. The minimum atomic E-state index is -0.582. The molecule has 0 aliphatic carbocycles. The maximum Gasteiger partial charge on any atom is 0.140 e. The number of nitrogens with zero attached hydrogens (tertiary/aromatic N) is 1. The first-order valence-electron chi connectivity index (χ1n) is 5.05. The molecule has 0 radical (unpaired) electrons. The summed E-state index contributed by atoms with van der Waals surface area (Å²) < 4.78 is 0. The standard InChI is InChI=1S/C12H17NO2/c1-4-11(7-5-6-8-13)12(9(2)14)10(3)15/h4,11-12H,1,5-7H2,2-3H3/t11-/m1/s1. The first kappa shape index (κ1) is 13.6. The Morgan fingerprint density at radius 1 is 1.40 bits per heavy atom. The van der Waals surface area contributed by atoms with Crippen molar-refractivity contribution in [3.8, 4) is 6.07 Å². The van der Waals surface area contributed by atoms with Crippen molar-refractivity contribution in [3.63, 3.8) is 0 Å². The fourth-order valence-corrected chi connectivity index (χ4v) is 1.73. The number of hydrogen-bond donors (Lipinski definition) is 0. The Kier molecular flexibility index (Phi) is 6.28. The van der Waals surface area contributed by atoms with Gasteiger partial charge in [0.1, 0.15) is 11.6 Å². The maximum absolute atomic E-state index is 11.3. The van der Waals surface area contributed by atoms with Crippen LogP contribution in [0.1, 0.15) is 33.1 Å². The van der Waals surface area contributed by atoms with Crippen LogP contribution in [-0.4, -0.2) is 11.6 Å². The third kappa shape index (κ3) is 4.55. The van der Waals surface area contributed by atoms with Crippen molar-refractivity contribution in [3.05, 3.63) is 12.7 Å². The minimum Gasteiger partial charge on any atom is -0.299 e. The molecular formula is C12H17NO2. The van der Waals surface area contributed by atoms with Gasteiger partial charge in [-0.2, -0.15) is 5.26 Å². The summed E-state index contributed by atoms with van der Waals surface area (Å²) in [5.74, 6) is -0.955. The second-order valence-corrected chi connectivity index (χ2v) is 3.65. The summed E-state index contributed by atoms with van der Waals surface area (Å²) >= 11 is 0. The molecule has 0 rings (SSSR count). The number of allylic oxidation sites excluding steroid dienone is 1. The molecule has 0 N–H and O–H groups in total. The van der Waals surface area contributed by atoms with E-state index in [9.17, 15) is 9.59 Å². The molecule has 0 aromatic rings. The first-order chi connectivity index (χ1) is 7.04. The van der Waals surface area contributed by atoms with E-state index in [4.69, 9.17) is 5.26 Å². The topological polar surface area (TPSA) is 57.9 Å². The van der Waals surface area contributed by atoms with Crippen LogP contribution in [0.3, 0.4) is 0 Å². The van der Waals surface area contributed by atoms with E-state index in [2.05, 4.69) is 6.58 Å². The van der Waals surface area contributed by atoms with E-state index < -0.39 is 5.92 Å². The summed E-state index contributed by atoms with van der Waals surface area (Å²) in [5, 5.41) is 8.40. The lowest BCUT2D eigenvalue weighted by Gasteiger charge is -2.19. The summed E-state index contributed by atoms with van der Waals surface area (Å²) in [4.78, 5) is 22.6. The van der Waals surface area contributed by atoms with Crippen molar-refractivity contribution in [2.45, 2.75) is 33.1 Å². The molecule has 0 unspecified atom stereocenters. The van der Waals surface area contributed by atoms with Crippen LogP contribution in [0.25, 0.3) is 0 Å². The molecule has 0 spiro atoms. The number of carbonyl (C=O) groups excluding carboxylic acids is 2. The van der Waals surface area contributed by atoms with Crippen LogP contribution in [0.5, 0.6) is 0 Å². The van der Waals surface area contributed by atoms with Gasteiger partial charge in [0.2, 0.25) is 0 Å². The van der Waals surface area contributed by atoms with Gasteiger partial charge in [-0.1, -0.05) is 6.08 Å². The molecule has 0 saturated heterocycles. The van der Waals surface area contributed by atoms with Crippen molar-refractivity contribution < 1.29 is 9.59 Å². The zero-order chi connectivity index (χ0) is 11.8. The van der Waals surface area contributed by atoms with E-state index in [1.54, 1.807) is 6.08 Å². The van der Waals surface area contributed by atoms with E-state index in [0.29, 0.717) is 19.3 Å². The van der Waals surface area contributed by atoms with E-state index in [0.717, 1.165) is 0 Å². The second-order valence-electron chi connectivity index (χ2n) is 3.65. The SMILES string of the molecule is C=C[C@H](CCCC#N)C(C(C)=O)C(C)=O. The molecule has 0 aliphatic rings. The van der Waals surface area contributed by atoms with Gasteiger partial charge < -0.3 is 0 Å². The van der Waals surface area contributed by atoms with Crippen molar-refractivity contribution in [1.82, 2.24) is 0 Å². The Labute approximate surface area is 90.8 Å². The highest BCUT2D eigenvalue weighted by molar-refractivity contribution is 6.00. The molecule has 0 aromatic heterocycles. The van der Waals surface area contributed by atoms with Crippen LogP contribution >= 0.6 is 0 Å². The average Bonchev–Trinajstić information content (AvgIpc) is 2.15. The molecule has 0 heterocycles. The van der Waals surface area contributed by atoms with Crippen LogP contribution in [0.2, 0.25) is 0 Å². The number of nitriles is 1. The first-order valence-corrected chi connectivity index (χ1v) is 5.05. The molecule has 3 heteroatoms. The van der Waals surface area contributed by atoms with Crippen LogP contribution in [0.15, 0.2) is 12.7 Å². The Balaban J connectivity index is 4.47. The minimum absolute atomic E-state index is 0.121. The van der Waals surface area contributed by atoms with Gasteiger partial charge in [-0.25, -0.2) is 0 Å². The molecule has 82 valence electrons. The lowest BCUT2D eigenvalue weighted by Crippen LogP contribution is -2.27. The van der Waals surface area contributed by atoms with E-state index >= 15 is 0 Å². The molecule has 0 saturated carbocycles. The summed E-state index contributed by atoms with van der Waals surface area (Å²) in [6, 6.07) is 2.04. The maximum atomic E-state index is 11.3. The Morgan fingerprint density at radius 2 is 1.93 bits per heavy atom. The van der Waals surface area contributed by atoms with Crippen LogP contribution < -0.4 is 0 Å². The largest absolute Gasteiger partial charge is 0.299 e. The number of hydrogen-bond acceptors (Lipinski definition) is 3. The predicted octanol–water partition coefficient (Wildman–Crippen LogP) is 2.28. The molecule has 0 aliphatic heterocycles. The Hall–Kier alpha value is -1.43. The number of unbranched alkanes of at least 4 members (excludes halogenated alkanes) is 1. The van der Waals surface area contributed by atoms with Gasteiger partial charge in [0.05, 0.1) is 12.0 Å². The molecule has 1 atom stereocenters. The highest BCUT2D eigenvalue weighted by atomic mass is 16.1. The van der Waals surface area contributed by atoms with Gasteiger partial charge in [-0.05, 0) is 32.6 Å². The number of Topliss-reactive ketones (excluding diaryl/α,β-unsaturated/α-hetero) is 2. The third-order valence-corrected chi connectivity index (χ3v) is 2.43. The van der Waals surface area contributed by atoms with E-state index in [1.807, 2.05) is 6.07 Å². The lowest BCUT2D eigenvalue weighted by molar-refractivity contribution is -0.131. The van der Waals surface area contributed by atoms with Gasteiger partial charge in [-0.3, -0.25) is 9.59 Å². The van der Waals surface area contributed by atoms with Crippen molar-refractivity contribution in [2.24, 2.45) is 11.8 Å². The van der Waals surface area contributed by atoms with Gasteiger partial charge in [0, 0.05) is 6.42 Å². The van der Waals surface area contributed by atoms with E-state index in [1.165, 1.54) is 13.8 Å².